The van der Waals surface area contributed by atoms with E-state index in [1.54, 1.807) is 16.7 Å². The Kier molecular flexibility index (Phi) is 9.31. The van der Waals surface area contributed by atoms with Crippen LogP contribution >= 0.6 is 0 Å². The molecule has 96 heavy (non-hydrogen) atoms. The SMILES string of the molecule is [2H]c1c([2H])c([2H])c(-c2c([2H])c(-c3cc4c5c(c3)n(-c3cccc(Oc6ccc7c8ccccc8n(-c8cc(C(C)(C)C)ccn8)c7c6)c3)[c-][n+]5-c3c(cc(-c5c(C([2H])([2H])[2H])cccc5C([2H])([2H])[2H])cc3-n3c5ccccc5c5ccccc53)-c3ccccc3-c3ccccc3-4)c([2H])c(-c3c([2H])c([2H])c([2H])c([2H])c3[2H])c2[2H])c([2H])c1[2H]. The van der Waals surface area contributed by atoms with Crippen LogP contribution in [0.25, 0.3) is 155 Å². The van der Waals surface area contributed by atoms with E-state index in [9.17, 15) is 9.60 Å². The Morgan fingerprint density at radius 2 is 0.958 bits per heavy atom. The number of fused-ring (bicyclic) bond motifs is 13. The molecule has 5 heterocycles. The summed E-state index contributed by atoms with van der Waals surface area (Å²) in [5.74, 6) is 1.54. The van der Waals surface area contributed by atoms with E-state index in [-0.39, 0.29) is 38.8 Å². The molecular formula is C90H65N5O. The molecule has 0 bridgehead atoms. The summed E-state index contributed by atoms with van der Waals surface area (Å²) in [4.78, 5) is 4.92. The lowest BCUT2D eigenvalue weighted by molar-refractivity contribution is -0.571. The molecule has 4 aromatic heterocycles. The normalized spacial score (nSPS) is 15.1. The van der Waals surface area contributed by atoms with Gasteiger partial charge in [0.05, 0.1) is 68.0 Å². The number of pyridine rings is 1. The van der Waals surface area contributed by atoms with Crippen LogP contribution in [0, 0.1) is 20.0 Å². The molecule has 0 atom stereocenters. The zero-order valence-corrected chi connectivity index (χ0v) is 52.0. The summed E-state index contributed by atoms with van der Waals surface area (Å²) in [6.45, 7) is 0.788. The molecule has 456 valence electrons. The Bertz CT molecular complexity index is 6840. The molecular weight excluding hydrogens is 1170 g/mol. The number of ether oxygens (including phenoxy) is 1. The van der Waals surface area contributed by atoms with Crippen molar-refractivity contribution < 1.29 is 35.3 Å². The summed E-state index contributed by atoms with van der Waals surface area (Å²) in [5, 5.41) is 3.67. The van der Waals surface area contributed by atoms with Gasteiger partial charge < -0.3 is 9.30 Å². The quantitative estimate of drug-likeness (QED) is 0.107. The number of para-hydroxylation sites is 3. The second-order valence-electron chi connectivity index (χ2n) is 25.0. The van der Waals surface area contributed by atoms with E-state index in [0.29, 0.717) is 78.8 Å². The third-order valence-corrected chi connectivity index (χ3v) is 18.3. The van der Waals surface area contributed by atoms with E-state index in [1.165, 1.54) is 18.2 Å². The molecule has 0 fully saturated rings. The fourth-order valence-electron chi connectivity index (χ4n) is 14.0. The first-order valence-corrected chi connectivity index (χ1v) is 31.5. The van der Waals surface area contributed by atoms with Gasteiger partial charge in [-0.05, 0) is 211 Å². The van der Waals surface area contributed by atoms with Crippen LogP contribution in [-0.4, -0.2) is 18.7 Å². The van der Waals surface area contributed by atoms with Gasteiger partial charge in [-0.15, -0.1) is 0 Å². The largest absolute Gasteiger partial charge is 0.458 e. The summed E-state index contributed by atoms with van der Waals surface area (Å²) in [7, 11) is 0. The number of hydrogen-bond acceptors (Lipinski definition) is 2. The van der Waals surface area contributed by atoms with Crippen molar-refractivity contribution in [2.75, 3.05) is 0 Å². The van der Waals surface area contributed by atoms with Crippen LogP contribution in [0.3, 0.4) is 0 Å². The highest BCUT2D eigenvalue weighted by Crippen LogP contribution is 2.49. The highest BCUT2D eigenvalue weighted by molar-refractivity contribution is 6.12. The first-order chi connectivity index (χ1) is 54.9. The molecule has 0 spiro atoms. The average molecular weight is 1250 g/mol. The van der Waals surface area contributed by atoms with Gasteiger partial charge >= 0.3 is 0 Å². The molecule has 0 radical (unpaired) electrons. The van der Waals surface area contributed by atoms with Crippen LogP contribution in [0.1, 0.15) is 63.5 Å². The number of imidazole rings is 1. The van der Waals surface area contributed by atoms with Gasteiger partial charge in [-0.1, -0.05) is 215 Å². The molecule has 0 N–H and O–H groups in total. The van der Waals surface area contributed by atoms with Gasteiger partial charge in [-0.2, -0.15) is 0 Å². The molecule has 13 aromatic carbocycles. The van der Waals surface area contributed by atoms with Crippen LogP contribution in [0.5, 0.6) is 11.5 Å². The molecule has 6 nitrogen and oxygen atoms in total. The summed E-state index contributed by atoms with van der Waals surface area (Å²) in [6.07, 6.45) is 5.67. The van der Waals surface area contributed by atoms with E-state index in [2.05, 4.69) is 54.4 Å². The summed E-state index contributed by atoms with van der Waals surface area (Å²) >= 11 is 0. The van der Waals surface area contributed by atoms with Crippen LogP contribution < -0.4 is 9.30 Å². The molecule has 1 aliphatic heterocycles. The molecule has 1 aliphatic rings. The minimum Gasteiger partial charge on any atom is -0.458 e. The molecule has 0 aliphatic carbocycles. The predicted molar refractivity (Wildman–Crippen MR) is 396 cm³/mol. The van der Waals surface area contributed by atoms with Crippen LogP contribution in [0.2, 0.25) is 0 Å². The van der Waals surface area contributed by atoms with Crippen molar-refractivity contribution in [3.05, 3.63) is 326 Å². The number of benzene rings is 13. The molecule has 17 aromatic rings. The Morgan fingerprint density at radius 1 is 0.427 bits per heavy atom. The molecule has 18 rings (SSSR count). The lowest BCUT2D eigenvalue weighted by Crippen LogP contribution is -2.33. The van der Waals surface area contributed by atoms with E-state index in [1.807, 2.05) is 181 Å². The monoisotopic (exact) mass is 1250 g/mol. The van der Waals surface area contributed by atoms with Crippen molar-refractivity contribution in [3.8, 4) is 112 Å². The second-order valence-corrected chi connectivity index (χ2v) is 25.0. The fraction of sp³-hybridized carbons (Fsp3) is 0.0667. The third kappa shape index (κ3) is 9.31. The second kappa shape index (κ2) is 22.3. The highest BCUT2D eigenvalue weighted by Gasteiger charge is 2.30. The van der Waals surface area contributed by atoms with Crippen LogP contribution in [0.4, 0.5) is 0 Å². The predicted octanol–water partition coefficient (Wildman–Crippen LogP) is 23.0. The molecule has 6 heteroatoms. The maximum atomic E-state index is 10.6. The van der Waals surface area contributed by atoms with Gasteiger partial charge in [0.25, 0.3) is 6.33 Å². The Morgan fingerprint density at radius 3 is 1.57 bits per heavy atom. The summed E-state index contributed by atoms with van der Waals surface area (Å²) in [6, 6.07) is 57.6. The lowest BCUT2D eigenvalue weighted by Gasteiger charge is -2.23. The van der Waals surface area contributed by atoms with Crippen molar-refractivity contribution in [2.45, 2.75) is 39.9 Å². The van der Waals surface area contributed by atoms with Crippen LogP contribution in [0.15, 0.2) is 303 Å². The number of aromatic nitrogens is 5. The van der Waals surface area contributed by atoms with Gasteiger partial charge in [0.15, 0.2) is 0 Å². The van der Waals surface area contributed by atoms with E-state index in [4.69, 9.17) is 26.2 Å². The molecule has 0 saturated carbocycles. The first kappa shape index (κ1) is 40.1. The van der Waals surface area contributed by atoms with E-state index >= 15 is 0 Å². The summed E-state index contributed by atoms with van der Waals surface area (Å²) < 4.78 is 192. The Hall–Kier alpha value is -12.1. The molecule has 0 saturated heterocycles. The number of aryl methyl sites for hydroxylation is 2. The summed E-state index contributed by atoms with van der Waals surface area (Å²) in [5.41, 5.74) is 6.66. The number of hydrogen-bond donors (Lipinski definition) is 0. The van der Waals surface area contributed by atoms with E-state index in [0.717, 1.165) is 49.2 Å². The maximum absolute atomic E-state index is 10.6. The van der Waals surface area contributed by atoms with Gasteiger partial charge in [-0.25, -0.2) is 4.98 Å². The first-order valence-electron chi connectivity index (χ1n) is 41.0. The van der Waals surface area contributed by atoms with Crippen molar-refractivity contribution in [3.63, 3.8) is 0 Å². The van der Waals surface area contributed by atoms with Crippen molar-refractivity contribution in [2.24, 2.45) is 0 Å². The third-order valence-electron chi connectivity index (χ3n) is 18.3. The average Bonchev–Trinajstić information content (AvgIpc) is 1.53. The Balaban J connectivity index is 1.00. The Labute approximate surface area is 584 Å². The molecule has 0 unspecified atom stereocenters. The van der Waals surface area contributed by atoms with Gasteiger partial charge in [0.2, 0.25) is 0 Å². The molecule has 0 amide bonds. The zero-order chi connectivity index (χ0) is 80.7. The van der Waals surface area contributed by atoms with Gasteiger partial charge in [0.1, 0.15) is 17.3 Å². The zero-order valence-electron chi connectivity index (χ0n) is 71.0. The minimum absolute atomic E-state index is 0.0160. The van der Waals surface area contributed by atoms with Crippen molar-refractivity contribution in [1.29, 1.82) is 0 Å². The minimum atomic E-state index is -2.84. The fourth-order valence-corrected chi connectivity index (χ4v) is 14.0. The van der Waals surface area contributed by atoms with Crippen molar-refractivity contribution in [1.82, 2.24) is 18.7 Å². The lowest BCUT2D eigenvalue weighted by atomic mass is 9.86. The standard InChI is InChI=1S/C90H65N5O/c1-57-24-22-25-58(2)87(57)65-50-79-73-35-15-13-33-71(73)70-32-12-14-34-72(70)78-49-64(63-47-61(59-26-8-6-9-27-59)46-62(48-63)60-28-10-7-11-29-60)51-84-88(78)93(89(79)85(52-65)94-80-39-19-16-36-74(80)75-37-17-20-40-81(75)94)56-92(84)67-30-23-31-68(54-67)96-69-42-43-77-76-38-18-21-41-82(76)95(83(77)55-69)86-53-66(44-45-91-86)90(3,4)5/h6-55H,1-5H3/i1D3,2D3,6D,7D,8D,9D,10D,11D,26D,27D,28D,29D,46D,47D,48D. The number of nitrogens with zero attached hydrogens (tertiary/aromatic N) is 5. The smallest absolute Gasteiger partial charge is 0.269 e. The van der Waals surface area contributed by atoms with Gasteiger partial charge in [-0.3, -0.25) is 13.7 Å². The van der Waals surface area contributed by atoms with Gasteiger partial charge in [0, 0.05) is 42.0 Å². The van der Waals surface area contributed by atoms with E-state index < -0.39 is 115 Å². The maximum Gasteiger partial charge on any atom is 0.269 e. The van der Waals surface area contributed by atoms with Crippen molar-refractivity contribution >= 4 is 54.6 Å². The topological polar surface area (TPSA) is 40.8 Å². The number of rotatable bonds is 9. The highest BCUT2D eigenvalue weighted by atomic mass is 16.5. The van der Waals surface area contributed by atoms with Crippen LogP contribution in [-0.2, 0) is 5.41 Å².